The summed E-state index contributed by atoms with van der Waals surface area (Å²) in [7, 11) is 0. The maximum Gasteiger partial charge on any atom is 0.417 e. The molecule has 10 heteroatoms. The fourth-order valence-electron chi connectivity index (χ4n) is 5.41. The van der Waals surface area contributed by atoms with E-state index in [9.17, 15) is 22.4 Å². The van der Waals surface area contributed by atoms with Crippen molar-refractivity contribution in [2.75, 3.05) is 37.6 Å². The molecule has 1 aromatic carbocycles. The van der Waals surface area contributed by atoms with Crippen molar-refractivity contribution < 1.29 is 22.4 Å². The van der Waals surface area contributed by atoms with Gasteiger partial charge in [0.05, 0.1) is 23.3 Å². The molecular weight excluding hydrogens is 484 g/mol. The number of hydrogen-bond donors (Lipinski definition) is 0. The van der Waals surface area contributed by atoms with E-state index >= 15 is 0 Å². The standard InChI is InChI=1S/C25H25ClF4N4O/c26-22-5-1-17(11-21(22)25(28,29)30)16-7-9-33(10-8-16)24(35)15-32-13-19-3-4-20(14-32)34(19)23-6-2-18(27)12-31-23/h1-2,5-7,11-12,19-20H,3-4,8-10,13-15H2. The van der Waals surface area contributed by atoms with Crippen molar-refractivity contribution in [2.45, 2.75) is 37.5 Å². The first-order chi connectivity index (χ1) is 16.7. The predicted molar refractivity (Wildman–Crippen MR) is 126 cm³/mol. The van der Waals surface area contributed by atoms with Gasteiger partial charge in [0.2, 0.25) is 5.91 Å². The molecule has 2 bridgehead atoms. The van der Waals surface area contributed by atoms with Crippen LogP contribution in [0.25, 0.3) is 5.57 Å². The van der Waals surface area contributed by atoms with Crippen molar-refractivity contribution in [1.29, 1.82) is 0 Å². The lowest BCUT2D eigenvalue weighted by molar-refractivity contribution is -0.137. The largest absolute Gasteiger partial charge is 0.417 e. The molecule has 1 aromatic heterocycles. The molecule has 3 aliphatic heterocycles. The number of likely N-dealkylation sites (tertiary alicyclic amines) is 1. The number of pyridine rings is 1. The van der Waals surface area contributed by atoms with Gasteiger partial charge < -0.3 is 9.80 Å². The minimum absolute atomic E-state index is 0.0140. The molecule has 35 heavy (non-hydrogen) atoms. The lowest BCUT2D eigenvalue weighted by atomic mass is 9.97. The number of alkyl halides is 3. The van der Waals surface area contributed by atoms with Gasteiger partial charge >= 0.3 is 6.18 Å². The lowest BCUT2D eigenvalue weighted by Gasteiger charge is -2.42. The number of carbonyl (C=O) groups is 1. The summed E-state index contributed by atoms with van der Waals surface area (Å²) in [4.78, 5) is 23.4. The predicted octanol–water partition coefficient (Wildman–Crippen LogP) is 4.86. The molecule has 3 aliphatic rings. The highest BCUT2D eigenvalue weighted by molar-refractivity contribution is 6.31. The summed E-state index contributed by atoms with van der Waals surface area (Å²) in [6.07, 6.45) is 1.04. The molecule has 2 fully saturated rings. The van der Waals surface area contributed by atoms with Crippen molar-refractivity contribution >= 4 is 28.9 Å². The van der Waals surface area contributed by atoms with Crippen molar-refractivity contribution in [3.05, 3.63) is 64.6 Å². The number of amides is 1. The zero-order valence-electron chi connectivity index (χ0n) is 18.9. The number of anilines is 1. The van der Waals surface area contributed by atoms with Gasteiger partial charge in [-0.25, -0.2) is 9.37 Å². The van der Waals surface area contributed by atoms with E-state index in [0.717, 1.165) is 43.4 Å². The average Bonchev–Trinajstić information content (AvgIpc) is 3.09. The maximum atomic E-state index is 13.3. The number of nitrogens with zero attached hydrogens (tertiary/aromatic N) is 4. The van der Waals surface area contributed by atoms with E-state index in [1.807, 2.05) is 6.08 Å². The van der Waals surface area contributed by atoms with Crippen LogP contribution in [0.15, 0.2) is 42.6 Å². The number of aromatic nitrogens is 1. The van der Waals surface area contributed by atoms with Crippen LogP contribution in [0, 0.1) is 5.82 Å². The van der Waals surface area contributed by atoms with Crippen LogP contribution in [0.2, 0.25) is 5.02 Å². The van der Waals surface area contributed by atoms with Crippen LogP contribution in [0.3, 0.4) is 0 Å². The van der Waals surface area contributed by atoms with Crippen LogP contribution < -0.4 is 4.90 Å². The number of hydrogen-bond acceptors (Lipinski definition) is 4. The molecule has 0 N–H and O–H groups in total. The Labute approximate surface area is 206 Å². The summed E-state index contributed by atoms with van der Waals surface area (Å²) in [6.45, 7) is 2.61. The Bertz CT molecular complexity index is 1120. The normalized spacial score (nSPS) is 22.9. The zero-order chi connectivity index (χ0) is 24.7. The third-order valence-electron chi connectivity index (χ3n) is 7.10. The van der Waals surface area contributed by atoms with Gasteiger partial charge in [0.15, 0.2) is 0 Å². The highest BCUT2D eigenvalue weighted by atomic mass is 35.5. The third-order valence-corrected chi connectivity index (χ3v) is 7.43. The van der Waals surface area contributed by atoms with Gasteiger partial charge in [0.1, 0.15) is 11.6 Å². The minimum Gasteiger partial charge on any atom is -0.348 e. The summed E-state index contributed by atoms with van der Waals surface area (Å²) in [5, 5.41) is -0.321. The van der Waals surface area contributed by atoms with Crippen molar-refractivity contribution in [3.8, 4) is 0 Å². The Morgan fingerprint density at radius 1 is 1.11 bits per heavy atom. The molecule has 0 saturated carbocycles. The summed E-state index contributed by atoms with van der Waals surface area (Å²) in [5.74, 6) is 0.426. The fraction of sp³-hybridized carbons (Fsp3) is 0.440. The summed E-state index contributed by atoms with van der Waals surface area (Å²) >= 11 is 5.73. The van der Waals surface area contributed by atoms with Gasteiger partial charge in [-0.2, -0.15) is 13.2 Å². The first-order valence-corrected chi connectivity index (χ1v) is 12.0. The second-order valence-corrected chi connectivity index (χ2v) is 9.74. The molecule has 0 aliphatic carbocycles. The van der Waals surface area contributed by atoms with Crippen LogP contribution in [0.1, 0.15) is 30.4 Å². The Hall–Kier alpha value is -2.65. The van der Waals surface area contributed by atoms with Gasteiger partial charge in [-0.05, 0) is 54.7 Å². The van der Waals surface area contributed by atoms with E-state index in [4.69, 9.17) is 11.6 Å². The highest BCUT2D eigenvalue weighted by Gasteiger charge is 2.41. The summed E-state index contributed by atoms with van der Waals surface area (Å²) in [5.41, 5.74) is 0.422. The highest BCUT2D eigenvalue weighted by Crippen LogP contribution is 2.37. The SMILES string of the molecule is O=C(CN1CC2CCC(C1)N2c1ccc(F)cn1)N1CC=C(c2ccc(Cl)c(C(F)(F)F)c2)CC1. The second kappa shape index (κ2) is 9.43. The molecule has 0 radical (unpaired) electrons. The Morgan fingerprint density at radius 3 is 2.46 bits per heavy atom. The van der Waals surface area contributed by atoms with Crippen molar-refractivity contribution in [2.24, 2.45) is 0 Å². The van der Waals surface area contributed by atoms with E-state index in [-0.39, 0.29) is 28.8 Å². The number of carbonyl (C=O) groups excluding carboxylic acids is 1. The van der Waals surface area contributed by atoms with Gasteiger partial charge in [0.25, 0.3) is 0 Å². The molecule has 2 atom stereocenters. The van der Waals surface area contributed by atoms with E-state index in [1.54, 1.807) is 17.0 Å². The molecular formula is C25H25ClF4N4O. The number of benzene rings is 1. The lowest BCUT2D eigenvalue weighted by Crippen LogP contribution is -2.56. The monoisotopic (exact) mass is 508 g/mol. The molecule has 2 aromatic rings. The molecule has 4 heterocycles. The zero-order valence-corrected chi connectivity index (χ0v) is 19.7. The Kier molecular flexibility index (Phi) is 6.48. The van der Waals surface area contributed by atoms with Crippen LogP contribution in [-0.2, 0) is 11.0 Å². The second-order valence-electron chi connectivity index (χ2n) is 9.33. The molecule has 0 spiro atoms. The van der Waals surface area contributed by atoms with E-state index in [2.05, 4.69) is 14.8 Å². The van der Waals surface area contributed by atoms with Crippen LogP contribution >= 0.6 is 11.6 Å². The van der Waals surface area contributed by atoms with Crippen LogP contribution in [0.5, 0.6) is 0 Å². The summed E-state index contributed by atoms with van der Waals surface area (Å²) in [6, 6.07) is 7.54. The molecule has 5 rings (SSSR count). The number of fused-ring (bicyclic) bond motifs is 2. The van der Waals surface area contributed by atoms with Gasteiger partial charge in [0, 0.05) is 38.3 Å². The van der Waals surface area contributed by atoms with Crippen LogP contribution in [0.4, 0.5) is 23.4 Å². The third kappa shape index (κ3) is 5.02. The molecule has 2 saturated heterocycles. The van der Waals surface area contributed by atoms with E-state index in [1.165, 1.54) is 18.3 Å². The number of halogens is 5. The molecule has 2 unspecified atom stereocenters. The maximum absolute atomic E-state index is 13.3. The topological polar surface area (TPSA) is 39.7 Å². The Morgan fingerprint density at radius 2 is 1.86 bits per heavy atom. The van der Waals surface area contributed by atoms with Crippen molar-refractivity contribution in [3.63, 3.8) is 0 Å². The molecule has 5 nitrogen and oxygen atoms in total. The van der Waals surface area contributed by atoms with Crippen LogP contribution in [-0.4, -0.2) is 65.5 Å². The van der Waals surface area contributed by atoms with Gasteiger partial charge in [-0.15, -0.1) is 0 Å². The molecule has 186 valence electrons. The average molecular weight is 509 g/mol. The number of piperazine rings is 1. The van der Waals surface area contributed by atoms with Gasteiger partial charge in [-0.3, -0.25) is 9.69 Å². The van der Waals surface area contributed by atoms with E-state index < -0.39 is 11.7 Å². The fourth-order valence-corrected chi connectivity index (χ4v) is 5.63. The van der Waals surface area contributed by atoms with E-state index in [0.29, 0.717) is 31.6 Å². The smallest absolute Gasteiger partial charge is 0.348 e. The quantitative estimate of drug-likeness (QED) is 0.553. The number of rotatable bonds is 4. The summed E-state index contributed by atoms with van der Waals surface area (Å²) < 4.78 is 52.9. The van der Waals surface area contributed by atoms with Gasteiger partial charge in [-0.1, -0.05) is 23.7 Å². The Balaban J connectivity index is 1.19. The molecule has 1 amide bonds. The van der Waals surface area contributed by atoms with Crippen molar-refractivity contribution in [1.82, 2.24) is 14.8 Å². The minimum atomic E-state index is -4.51. The first-order valence-electron chi connectivity index (χ1n) is 11.7. The first kappa shape index (κ1) is 24.1.